The summed E-state index contributed by atoms with van der Waals surface area (Å²) in [4.78, 5) is 22.4. The molecular weight excluding hydrogens is 2050 g/mol. The Morgan fingerprint density at radius 1 is 0.284 bits per heavy atom. The molecule has 0 atom stereocenters. The van der Waals surface area contributed by atoms with Gasteiger partial charge in [0.05, 0.1) is 0 Å². The number of aromatic nitrogens is 5. The number of nitrogens with zero attached hydrogens (tertiary/aromatic N) is 5. The van der Waals surface area contributed by atoms with Gasteiger partial charge in [0.2, 0.25) is 0 Å². The first-order valence-corrected chi connectivity index (χ1v) is 31.5. The third-order valence-electron chi connectivity index (χ3n) is 14.3. The number of pyridine rings is 5. The monoisotopic (exact) mass is 2140 g/mol. The second-order valence-corrected chi connectivity index (χ2v) is 24.3. The van der Waals surface area contributed by atoms with Gasteiger partial charge in [-0.2, -0.15) is 0 Å². The molecular formula is C85H84Ir5N5-5. The number of aryl methyl sites for hydroxylation is 2. The molecule has 5 aromatic heterocycles. The third kappa shape index (κ3) is 28.6. The standard InChI is InChI=1S/2C21H20N.2C15H16N.C13H12N.5Ir/c1-16(2)13-17-11-12-21(22-15-17)20-10-6-9-19(14-20)18-7-4-3-5-8-18;1-16(2)13-17-11-12-22-21(14-17)20-10-6-9-19(15-20)18-7-4-3-5-8-18;1-12(2)10-13-8-9-16-15(11-13)14-6-4-3-5-7-14;1-12(2)10-13-8-9-15(16-11-13)14-6-4-3-5-7-14;1-10-5-3-7-12(9-10)13-8-4-6-11(2)14-13;;;;;/h2*3-9,11-12,14-16H,13H2,1-2H3;2*3-6,8-9,11-12H,10H2,1-2H3;3-6,8-9H,1-2H3;;;;;/q5*-1;;;;;. The van der Waals surface area contributed by atoms with Crippen LogP contribution in [-0.2, 0) is 126 Å². The summed E-state index contributed by atoms with van der Waals surface area (Å²) in [6, 6.07) is 94.5. The average molecular weight is 2140 g/mol. The molecule has 0 aliphatic carbocycles. The van der Waals surface area contributed by atoms with Gasteiger partial charge in [0.1, 0.15) is 0 Å². The predicted octanol–water partition coefficient (Wildman–Crippen LogP) is 21.5. The van der Waals surface area contributed by atoms with Crippen molar-refractivity contribution in [1.29, 1.82) is 0 Å². The quantitative estimate of drug-likeness (QED) is 0.0957. The van der Waals surface area contributed by atoms with Crippen LogP contribution in [0.3, 0.4) is 0 Å². The topological polar surface area (TPSA) is 64.5 Å². The van der Waals surface area contributed by atoms with Crippen LogP contribution in [0.2, 0.25) is 0 Å². The molecule has 7 aromatic carbocycles. The fourth-order valence-corrected chi connectivity index (χ4v) is 10.2. The molecule has 0 unspecified atom stereocenters. The van der Waals surface area contributed by atoms with Gasteiger partial charge in [-0.3, -0.25) is 0 Å². The van der Waals surface area contributed by atoms with E-state index in [4.69, 9.17) is 0 Å². The largest absolute Gasteiger partial charge is 0.305 e. The van der Waals surface area contributed by atoms with Crippen molar-refractivity contribution in [3.8, 4) is 78.5 Å². The maximum absolute atomic E-state index is 4.61. The molecule has 0 aliphatic heterocycles. The predicted molar refractivity (Wildman–Crippen MR) is 377 cm³/mol. The zero-order valence-corrected chi connectivity index (χ0v) is 67.8. The molecule has 12 aromatic rings. The zero-order chi connectivity index (χ0) is 63.5. The maximum atomic E-state index is 4.61. The molecule has 0 saturated carbocycles. The van der Waals surface area contributed by atoms with E-state index in [1.54, 1.807) is 0 Å². The van der Waals surface area contributed by atoms with Crippen LogP contribution >= 0.6 is 0 Å². The molecule has 95 heavy (non-hydrogen) atoms. The van der Waals surface area contributed by atoms with Gasteiger partial charge in [0.15, 0.2) is 0 Å². The van der Waals surface area contributed by atoms with E-state index in [1.165, 1.54) is 50.1 Å². The Morgan fingerprint density at radius 2 is 0.674 bits per heavy atom. The molecule has 10 heteroatoms. The van der Waals surface area contributed by atoms with E-state index in [1.807, 2.05) is 135 Å². The molecule has 0 N–H and O–H groups in total. The van der Waals surface area contributed by atoms with E-state index in [0.29, 0.717) is 23.7 Å². The molecule has 0 spiro atoms. The van der Waals surface area contributed by atoms with E-state index in [9.17, 15) is 0 Å². The Hall–Kier alpha value is -6.46. The molecule has 0 saturated heterocycles. The normalized spacial score (nSPS) is 10.1. The van der Waals surface area contributed by atoms with Crippen molar-refractivity contribution in [2.24, 2.45) is 23.7 Å². The first kappa shape index (κ1) is 82.8. The summed E-state index contributed by atoms with van der Waals surface area (Å²) in [5.74, 6) is 2.65. The second kappa shape index (κ2) is 44.4. The molecule has 12 rings (SSSR count). The van der Waals surface area contributed by atoms with E-state index < -0.39 is 0 Å². The summed E-state index contributed by atoms with van der Waals surface area (Å²) in [5, 5.41) is 0. The van der Waals surface area contributed by atoms with Crippen molar-refractivity contribution in [2.75, 3.05) is 0 Å². The minimum absolute atomic E-state index is 0. The van der Waals surface area contributed by atoms with Crippen LogP contribution in [0.5, 0.6) is 0 Å². The first-order valence-electron chi connectivity index (χ1n) is 31.5. The van der Waals surface area contributed by atoms with Crippen LogP contribution in [0, 0.1) is 67.9 Å². The van der Waals surface area contributed by atoms with Crippen molar-refractivity contribution in [2.45, 2.75) is 94.9 Å². The third-order valence-corrected chi connectivity index (χ3v) is 14.3. The van der Waals surface area contributed by atoms with Crippen LogP contribution in [0.15, 0.2) is 255 Å². The average Bonchev–Trinajstić information content (AvgIpc) is 1.28. The second-order valence-electron chi connectivity index (χ2n) is 24.3. The summed E-state index contributed by atoms with van der Waals surface area (Å²) in [7, 11) is 0. The van der Waals surface area contributed by atoms with Gasteiger partial charge < -0.3 is 24.9 Å². The van der Waals surface area contributed by atoms with Crippen molar-refractivity contribution in [3.63, 3.8) is 0 Å². The maximum Gasteiger partial charge on any atom is 0.0266 e. The molecule has 0 aliphatic rings. The SMILES string of the molecule is CC(C)Cc1ccc(-c2[c-]ccc(-c3ccccc3)c2)nc1.CC(C)Cc1ccc(-c2[c-]cccc2)nc1.CC(C)Cc1ccnc(-c2[c-]ccc(-c3ccccc3)c2)c1.CC(C)Cc1ccnc(-c2[c-]cccc2)c1.Cc1cc[c-]c(-c2cccc(C)n2)c1.[Ir].[Ir].[Ir].[Ir].[Ir]. The molecule has 0 fully saturated rings. The summed E-state index contributed by atoms with van der Waals surface area (Å²) < 4.78 is 0. The van der Waals surface area contributed by atoms with Crippen LogP contribution in [0.4, 0.5) is 0 Å². The number of hydrogen-bond acceptors (Lipinski definition) is 5. The van der Waals surface area contributed by atoms with Crippen LogP contribution < -0.4 is 0 Å². The Labute approximate surface area is 635 Å². The summed E-state index contributed by atoms with van der Waals surface area (Å²) in [5.41, 5.74) is 22.6. The van der Waals surface area contributed by atoms with Gasteiger partial charge >= 0.3 is 0 Å². The smallest absolute Gasteiger partial charge is 0.0266 e. The zero-order valence-electron chi connectivity index (χ0n) is 55.8. The van der Waals surface area contributed by atoms with E-state index >= 15 is 0 Å². The fourth-order valence-electron chi connectivity index (χ4n) is 10.2. The number of rotatable bonds is 15. The van der Waals surface area contributed by atoms with Gasteiger partial charge in [-0.1, -0.05) is 183 Å². The van der Waals surface area contributed by atoms with E-state index in [-0.39, 0.29) is 101 Å². The van der Waals surface area contributed by atoms with Crippen molar-refractivity contribution < 1.29 is 101 Å². The van der Waals surface area contributed by atoms with Gasteiger partial charge in [0, 0.05) is 131 Å². The molecule has 5 radical (unpaired) electrons. The minimum Gasteiger partial charge on any atom is -0.305 e. The first-order chi connectivity index (χ1) is 43.7. The molecule has 5 nitrogen and oxygen atoms in total. The molecule has 0 bridgehead atoms. The van der Waals surface area contributed by atoms with Gasteiger partial charge in [-0.25, -0.2) is 0 Å². The Bertz CT molecular complexity index is 3990. The van der Waals surface area contributed by atoms with Crippen LogP contribution in [0.25, 0.3) is 78.5 Å². The van der Waals surface area contributed by atoms with Crippen molar-refractivity contribution in [3.05, 3.63) is 319 Å². The Balaban J connectivity index is 0.000000309. The Morgan fingerprint density at radius 3 is 1.08 bits per heavy atom. The molecule has 499 valence electrons. The van der Waals surface area contributed by atoms with Crippen LogP contribution in [-0.4, -0.2) is 24.9 Å². The minimum atomic E-state index is 0. The summed E-state index contributed by atoms with van der Waals surface area (Å²) in [6.07, 6.45) is 12.1. The fraction of sp³-hybridized carbons (Fsp3) is 0.212. The van der Waals surface area contributed by atoms with E-state index in [0.717, 1.165) is 87.7 Å². The van der Waals surface area contributed by atoms with Gasteiger partial charge in [-0.05, 0) is 125 Å². The van der Waals surface area contributed by atoms with E-state index in [2.05, 4.69) is 245 Å². The number of benzene rings is 7. The summed E-state index contributed by atoms with van der Waals surface area (Å²) in [6.45, 7) is 21.9. The van der Waals surface area contributed by atoms with Crippen LogP contribution in [0.1, 0.15) is 88.9 Å². The van der Waals surface area contributed by atoms with Gasteiger partial charge in [-0.15, -0.1) is 178 Å². The Kier molecular flexibility index (Phi) is 38.7. The molecule has 5 heterocycles. The summed E-state index contributed by atoms with van der Waals surface area (Å²) >= 11 is 0. The van der Waals surface area contributed by atoms with Crippen molar-refractivity contribution >= 4 is 0 Å². The van der Waals surface area contributed by atoms with Crippen molar-refractivity contribution in [1.82, 2.24) is 24.9 Å². The molecule has 0 amide bonds. The number of hydrogen-bond donors (Lipinski definition) is 0. The van der Waals surface area contributed by atoms with Gasteiger partial charge in [0.25, 0.3) is 0 Å².